The molecule has 2 nitrogen and oxygen atoms in total. The predicted molar refractivity (Wildman–Crippen MR) is 78.2 cm³/mol. The van der Waals surface area contributed by atoms with Crippen LogP contribution < -0.4 is 5.73 Å². The Labute approximate surface area is 111 Å². The number of rotatable bonds is 5. The van der Waals surface area contributed by atoms with Crippen LogP contribution in [-0.4, -0.2) is 25.0 Å². The maximum atomic E-state index is 5.38. The van der Waals surface area contributed by atoms with Gasteiger partial charge in [0.05, 0.1) is 6.54 Å². The van der Waals surface area contributed by atoms with Crippen LogP contribution in [0.3, 0.4) is 0 Å². The van der Waals surface area contributed by atoms with Crippen molar-refractivity contribution in [3.05, 3.63) is 35.4 Å². The first kappa shape index (κ1) is 14.8. The zero-order valence-electron chi connectivity index (χ0n) is 11.7. The van der Waals surface area contributed by atoms with Gasteiger partial charge in [0, 0.05) is 18.7 Å². The molecule has 2 N–H and O–H groups in total. The van der Waals surface area contributed by atoms with Gasteiger partial charge in [0.15, 0.2) is 0 Å². The van der Waals surface area contributed by atoms with Crippen molar-refractivity contribution in [1.82, 2.24) is 4.90 Å². The third-order valence-corrected chi connectivity index (χ3v) is 3.03. The quantitative estimate of drug-likeness (QED) is 0.806. The molecule has 0 spiro atoms. The molecule has 0 aliphatic rings. The Hall–Kier alpha value is -1.30. The minimum atomic E-state index is 0.415. The Morgan fingerprint density at radius 1 is 1.39 bits per heavy atom. The van der Waals surface area contributed by atoms with Crippen molar-refractivity contribution >= 4 is 0 Å². The fourth-order valence-electron chi connectivity index (χ4n) is 1.94. The fraction of sp³-hybridized carbons (Fsp3) is 0.500. The van der Waals surface area contributed by atoms with Gasteiger partial charge in [0.2, 0.25) is 0 Å². The summed E-state index contributed by atoms with van der Waals surface area (Å²) in [6, 6.07) is 8.39. The van der Waals surface area contributed by atoms with E-state index >= 15 is 0 Å². The van der Waals surface area contributed by atoms with Crippen LogP contribution in [0.25, 0.3) is 0 Å². The Bertz CT molecular complexity index is 415. The standard InChI is InChI=1S/C16H24N2/c1-4-14(2)12-18(3)13-16-8-5-7-15(11-16)9-6-10-17/h5,7-8,11,14H,4,10,12-13,17H2,1-3H3. The van der Waals surface area contributed by atoms with Gasteiger partial charge in [-0.25, -0.2) is 0 Å². The lowest BCUT2D eigenvalue weighted by Crippen LogP contribution is -2.23. The molecule has 18 heavy (non-hydrogen) atoms. The van der Waals surface area contributed by atoms with Crippen LogP contribution in [0.15, 0.2) is 24.3 Å². The van der Waals surface area contributed by atoms with Crippen LogP contribution in [0.5, 0.6) is 0 Å². The Kier molecular flexibility index (Phi) is 6.49. The number of hydrogen-bond donors (Lipinski definition) is 1. The van der Waals surface area contributed by atoms with E-state index in [1.165, 1.54) is 12.0 Å². The van der Waals surface area contributed by atoms with Gasteiger partial charge in [0.25, 0.3) is 0 Å². The third kappa shape index (κ3) is 5.35. The lowest BCUT2D eigenvalue weighted by Gasteiger charge is -2.20. The second kappa shape index (κ2) is 7.92. The van der Waals surface area contributed by atoms with Crippen molar-refractivity contribution in [1.29, 1.82) is 0 Å². The summed E-state index contributed by atoms with van der Waals surface area (Å²) in [7, 11) is 2.17. The van der Waals surface area contributed by atoms with Crippen LogP contribution in [0.4, 0.5) is 0 Å². The molecule has 0 fully saturated rings. The van der Waals surface area contributed by atoms with E-state index in [2.05, 4.69) is 55.8 Å². The summed E-state index contributed by atoms with van der Waals surface area (Å²) in [4.78, 5) is 2.36. The molecule has 0 aliphatic carbocycles. The largest absolute Gasteiger partial charge is 0.320 e. The predicted octanol–water partition coefficient (Wildman–Crippen LogP) is 2.47. The van der Waals surface area contributed by atoms with Gasteiger partial charge in [-0.3, -0.25) is 0 Å². The second-order valence-electron chi connectivity index (χ2n) is 4.92. The van der Waals surface area contributed by atoms with Crippen molar-refractivity contribution in [2.24, 2.45) is 11.7 Å². The molecule has 1 atom stereocenters. The molecule has 1 aromatic rings. The van der Waals surface area contributed by atoms with Crippen molar-refractivity contribution < 1.29 is 0 Å². The summed E-state index contributed by atoms with van der Waals surface area (Å²) in [6.45, 7) is 7.05. The zero-order valence-corrected chi connectivity index (χ0v) is 11.7. The van der Waals surface area contributed by atoms with Crippen LogP contribution in [0.2, 0.25) is 0 Å². The van der Waals surface area contributed by atoms with E-state index in [4.69, 9.17) is 5.73 Å². The molecule has 0 bridgehead atoms. The van der Waals surface area contributed by atoms with Gasteiger partial charge in [0.1, 0.15) is 0 Å². The maximum absolute atomic E-state index is 5.38. The first-order valence-corrected chi connectivity index (χ1v) is 6.62. The molecule has 0 heterocycles. The molecule has 98 valence electrons. The van der Waals surface area contributed by atoms with Crippen molar-refractivity contribution in [2.75, 3.05) is 20.1 Å². The molecule has 0 saturated heterocycles. The van der Waals surface area contributed by atoms with Crippen LogP contribution in [-0.2, 0) is 6.54 Å². The number of benzene rings is 1. The van der Waals surface area contributed by atoms with Crippen LogP contribution >= 0.6 is 0 Å². The van der Waals surface area contributed by atoms with Crippen LogP contribution in [0, 0.1) is 17.8 Å². The maximum Gasteiger partial charge on any atom is 0.0555 e. The molecule has 1 rings (SSSR count). The van der Waals surface area contributed by atoms with Gasteiger partial charge >= 0.3 is 0 Å². The molecule has 2 heteroatoms. The summed E-state index contributed by atoms with van der Waals surface area (Å²) in [5.74, 6) is 6.71. The highest BCUT2D eigenvalue weighted by atomic mass is 15.1. The van der Waals surface area contributed by atoms with Crippen molar-refractivity contribution in [3.8, 4) is 11.8 Å². The highest BCUT2D eigenvalue weighted by Gasteiger charge is 2.05. The van der Waals surface area contributed by atoms with E-state index in [-0.39, 0.29) is 0 Å². The lowest BCUT2D eigenvalue weighted by atomic mass is 10.1. The van der Waals surface area contributed by atoms with E-state index in [1.54, 1.807) is 0 Å². The number of nitrogens with zero attached hydrogens (tertiary/aromatic N) is 1. The average Bonchev–Trinajstić information content (AvgIpc) is 2.36. The normalized spacial score (nSPS) is 12.1. The average molecular weight is 244 g/mol. The second-order valence-corrected chi connectivity index (χ2v) is 4.92. The van der Waals surface area contributed by atoms with Gasteiger partial charge in [-0.05, 0) is 30.7 Å². The van der Waals surface area contributed by atoms with E-state index in [1.807, 2.05) is 6.07 Å². The molecular formula is C16H24N2. The van der Waals surface area contributed by atoms with E-state index in [9.17, 15) is 0 Å². The summed E-state index contributed by atoms with van der Waals surface area (Å²) >= 11 is 0. The summed E-state index contributed by atoms with van der Waals surface area (Å²) in [6.07, 6.45) is 1.23. The topological polar surface area (TPSA) is 29.3 Å². The van der Waals surface area contributed by atoms with Gasteiger partial charge in [-0.2, -0.15) is 0 Å². The summed E-state index contributed by atoms with van der Waals surface area (Å²) in [5.41, 5.74) is 7.74. The van der Waals surface area contributed by atoms with Crippen molar-refractivity contribution in [2.45, 2.75) is 26.8 Å². The first-order chi connectivity index (χ1) is 8.65. The summed E-state index contributed by atoms with van der Waals surface area (Å²) < 4.78 is 0. The number of nitrogens with two attached hydrogens (primary N) is 1. The monoisotopic (exact) mass is 244 g/mol. The van der Waals surface area contributed by atoms with Crippen molar-refractivity contribution in [3.63, 3.8) is 0 Å². The molecule has 1 aromatic carbocycles. The molecular weight excluding hydrogens is 220 g/mol. The molecule has 1 unspecified atom stereocenters. The Morgan fingerprint density at radius 3 is 2.83 bits per heavy atom. The Morgan fingerprint density at radius 2 is 2.17 bits per heavy atom. The van der Waals surface area contributed by atoms with E-state index in [0.717, 1.165) is 24.6 Å². The minimum Gasteiger partial charge on any atom is -0.320 e. The Balaban J connectivity index is 2.61. The van der Waals surface area contributed by atoms with Gasteiger partial charge < -0.3 is 10.6 Å². The molecule has 0 aromatic heterocycles. The molecule has 0 amide bonds. The first-order valence-electron chi connectivity index (χ1n) is 6.62. The highest BCUT2D eigenvalue weighted by molar-refractivity contribution is 5.37. The third-order valence-electron chi connectivity index (χ3n) is 3.03. The smallest absolute Gasteiger partial charge is 0.0555 e. The van der Waals surface area contributed by atoms with E-state index < -0.39 is 0 Å². The molecule has 0 aliphatic heterocycles. The molecule has 0 saturated carbocycles. The minimum absolute atomic E-state index is 0.415. The lowest BCUT2D eigenvalue weighted by molar-refractivity contribution is 0.275. The highest BCUT2D eigenvalue weighted by Crippen LogP contribution is 2.09. The SMILES string of the molecule is CCC(C)CN(C)Cc1cccc(C#CCN)c1. The van der Waals surface area contributed by atoms with Gasteiger partial charge in [-0.15, -0.1) is 0 Å². The fourth-order valence-corrected chi connectivity index (χ4v) is 1.94. The number of hydrogen-bond acceptors (Lipinski definition) is 2. The summed E-state index contributed by atoms with van der Waals surface area (Å²) in [5, 5.41) is 0. The molecule has 0 radical (unpaired) electrons. The van der Waals surface area contributed by atoms with E-state index in [0.29, 0.717) is 6.54 Å². The van der Waals surface area contributed by atoms with Gasteiger partial charge in [-0.1, -0.05) is 44.2 Å². The zero-order chi connectivity index (χ0) is 13.4. The van der Waals surface area contributed by atoms with Crippen LogP contribution in [0.1, 0.15) is 31.4 Å².